The summed E-state index contributed by atoms with van der Waals surface area (Å²) >= 11 is 0. The van der Waals surface area contributed by atoms with E-state index in [1.54, 1.807) is 34.6 Å². The van der Waals surface area contributed by atoms with Gasteiger partial charge < -0.3 is 29.4 Å². The van der Waals surface area contributed by atoms with Crippen molar-refractivity contribution in [2.75, 3.05) is 6.61 Å². The van der Waals surface area contributed by atoms with Crippen LogP contribution in [0, 0.1) is 0 Å². The van der Waals surface area contributed by atoms with Crippen LogP contribution >= 0.6 is 0 Å². The number of benzene rings is 3. The largest absolute Gasteiger partial charge is 0.444 e. The first-order valence-corrected chi connectivity index (χ1v) is 13.9. The van der Waals surface area contributed by atoms with E-state index < -0.39 is 47.4 Å². The first-order valence-electron chi connectivity index (χ1n) is 13.9. The van der Waals surface area contributed by atoms with Gasteiger partial charge >= 0.3 is 6.09 Å². The highest BCUT2D eigenvalue weighted by molar-refractivity contribution is 5.68. The molecule has 0 radical (unpaired) electrons. The maximum absolute atomic E-state index is 13.1. The first-order chi connectivity index (χ1) is 19.4. The molecule has 1 fully saturated rings. The predicted molar refractivity (Wildman–Crippen MR) is 158 cm³/mol. The zero-order valence-corrected chi connectivity index (χ0v) is 24.4. The summed E-state index contributed by atoms with van der Waals surface area (Å²) in [6, 6.07) is 29.1. The Balaban J connectivity index is 1.80. The Hall–Kier alpha value is -3.49. The molecule has 1 aliphatic rings. The third kappa shape index (κ3) is 7.24. The Morgan fingerprint density at radius 3 is 1.76 bits per heavy atom. The van der Waals surface area contributed by atoms with E-state index in [9.17, 15) is 9.90 Å². The molecule has 1 saturated heterocycles. The van der Waals surface area contributed by atoms with Gasteiger partial charge in [0.1, 0.15) is 29.5 Å². The van der Waals surface area contributed by atoms with Crippen LogP contribution in [0.15, 0.2) is 104 Å². The molecule has 218 valence electrons. The Labute approximate surface area is 243 Å². The van der Waals surface area contributed by atoms with Crippen LogP contribution < -0.4 is 5.32 Å². The van der Waals surface area contributed by atoms with Gasteiger partial charge in [-0.3, -0.25) is 0 Å². The van der Waals surface area contributed by atoms with Crippen LogP contribution in [0.1, 0.15) is 51.3 Å². The normalized spacial score (nSPS) is 20.1. The highest BCUT2D eigenvalue weighted by Gasteiger charge is 2.49. The Morgan fingerprint density at radius 1 is 0.902 bits per heavy atom. The van der Waals surface area contributed by atoms with Gasteiger partial charge in [-0.25, -0.2) is 4.79 Å². The van der Waals surface area contributed by atoms with Gasteiger partial charge in [-0.15, -0.1) is 6.58 Å². The second-order valence-electron chi connectivity index (χ2n) is 11.6. The molecule has 4 rings (SSSR count). The van der Waals surface area contributed by atoms with Crippen LogP contribution in [-0.4, -0.2) is 53.5 Å². The molecule has 3 aromatic rings. The summed E-state index contributed by atoms with van der Waals surface area (Å²) in [7, 11) is 0. The van der Waals surface area contributed by atoms with E-state index in [2.05, 4.69) is 11.9 Å². The van der Waals surface area contributed by atoms with Crippen molar-refractivity contribution in [1.29, 1.82) is 0 Å². The van der Waals surface area contributed by atoms with E-state index in [1.165, 1.54) is 6.08 Å². The van der Waals surface area contributed by atoms with Crippen LogP contribution in [-0.2, 0) is 24.5 Å². The highest BCUT2D eigenvalue weighted by atomic mass is 16.8. The number of aliphatic hydroxyl groups excluding tert-OH is 1. The summed E-state index contributed by atoms with van der Waals surface area (Å²) in [5.41, 5.74) is 1.00. The number of carbonyl (C=O) groups excluding carboxylic acids is 1. The first kappa shape index (κ1) is 30.5. The van der Waals surface area contributed by atoms with E-state index >= 15 is 0 Å². The van der Waals surface area contributed by atoms with Gasteiger partial charge in [0.25, 0.3) is 0 Å². The molecule has 0 aromatic heterocycles. The van der Waals surface area contributed by atoms with Gasteiger partial charge in [0.2, 0.25) is 0 Å². The van der Waals surface area contributed by atoms with Gasteiger partial charge in [-0.05, 0) is 51.3 Å². The summed E-state index contributed by atoms with van der Waals surface area (Å²) in [5, 5.41) is 13.7. The minimum atomic E-state index is -1.04. The molecule has 2 N–H and O–H groups in total. The number of ether oxygens (including phenoxy) is 4. The molecular formula is C34H41NO6. The van der Waals surface area contributed by atoms with Crippen molar-refractivity contribution in [2.45, 2.75) is 76.0 Å². The van der Waals surface area contributed by atoms with Crippen molar-refractivity contribution in [2.24, 2.45) is 0 Å². The van der Waals surface area contributed by atoms with Crippen LogP contribution in [0.3, 0.4) is 0 Å². The van der Waals surface area contributed by atoms with Gasteiger partial charge in [0.15, 0.2) is 5.79 Å². The zero-order chi connectivity index (χ0) is 29.7. The molecule has 1 aliphatic heterocycles. The molecule has 0 spiro atoms. The van der Waals surface area contributed by atoms with Crippen molar-refractivity contribution in [3.8, 4) is 0 Å². The summed E-state index contributed by atoms with van der Waals surface area (Å²) in [6.45, 7) is 12.7. The Morgan fingerprint density at radius 2 is 1.34 bits per heavy atom. The fraction of sp³-hybridized carbons (Fsp3) is 0.382. The minimum absolute atomic E-state index is 0.00238. The number of nitrogens with one attached hydrogen (secondary N) is 1. The maximum Gasteiger partial charge on any atom is 0.408 e. The fourth-order valence-corrected chi connectivity index (χ4v) is 5.19. The summed E-state index contributed by atoms with van der Waals surface area (Å²) < 4.78 is 25.0. The van der Waals surface area contributed by atoms with E-state index in [0.717, 1.165) is 16.7 Å². The molecule has 0 saturated carbocycles. The molecule has 3 aromatic carbocycles. The lowest BCUT2D eigenvalue weighted by Crippen LogP contribution is -2.54. The maximum atomic E-state index is 13.1. The standard InChI is InChI=1S/C34H41NO6/c1-7-28(36)30-29(39-33(5,6)40-30)27(35-31(37)41-32(2,3)4)23-38-34(24-17-11-8-12-18-24,25-19-13-9-14-20-25)26-21-15-10-16-22-26/h7-22,27-30,36H,1,23H2,2-6H3,(H,35,37)/t27-,28?,29-,30+/m1/s1. The monoisotopic (exact) mass is 559 g/mol. The molecule has 1 amide bonds. The number of alkyl carbamates (subject to hydrolysis) is 1. The average Bonchev–Trinajstić information content (AvgIpc) is 3.28. The lowest BCUT2D eigenvalue weighted by atomic mass is 9.80. The van der Waals surface area contributed by atoms with Crippen LogP contribution in [0.2, 0.25) is 0 Å². The summed E-state index contributed by atoms with van der Waals surface area (Å²) in [5.74, 6) is -1.01. The van der Waals surface area contributed by atoms with Crippen LogP contribution in [0.25, 0.3) is 0 Å². The number of rotatable bonds is 10. The summed E-state index contributed by atoms with van der Waals surface area (Å²) in [6.07, 6.45) is -1.84. The Bertz CT molecular complexity index is 1180. The fourth-order valence-electron chi connectivity index (χ4n) is 5.19. The molecule has 7 heteroatoms. The van der Waals surface area contributed by atoms with Crippen molar-refractivity contribution in [1.82, 2.24) is 5.32 Å². The quantitative estimate of drug-likeness (QED) is 0.236. The molecule has 4 atom stereocenters. The molecule has 0 aliphatic carbocycles. The second kappa shape index (κ2) is 12.6. The number of amides is 1. The molecular weight excluding hydrogens is 518 g/mol. The van der Waals surface area contributed by atoms with Gasteiger partial charge in [-0.2, -0.15) is 0 Å². The van der Waals surface area contributed by atoms with E-state index in [-0.39, 0.29) is 6.61 Å². The Kier molecular flexibility index (Phi) is 9.34. The van der Waals surface area contributed by atoms with Crippen molar-refractivity contribution >= 4 is 6.09 Å². The summed E-state index contributed by atoms with van der Waals surface area (Å²) in [4.78, 5) is 13.1. The van der Waals surface area contributed by atoms with E-state index in [0.29, 0.717) is 0 Å². The van der Waals surface area contributed by atoms with Crippen molar-refractivity contribution in [3.05, 3.63) is 120 Å². The SMILES string of the molecule is C=CC(O)[C@@H]1OC(C)(C)O[C@@H]1[C@@H](COC(c1ccccc1)(c1ccccc1)c1ccccc1)NC(=O)OC(C)(C)C. The second-order valence-corrected chi connectivity index (χ2v) is 11.6. The van der Waals surface area contributed by atoms with Crippen LogP contribution in [0.5, 0.6) is 0 Å². The van der Waals surface area contributed by atoms with Crippen molar-refractivity contribution in [3.63, 3.8) is 0 Å². The zero-order valence-electron chi connectivity index (χ0n) is 24.4. The smallest absolute Gasteiger partial charge is 0.408 e. The highest BCUT2D eigenvalue weighted by Crippen LogP contribution is 2.41. The number of aliphatic hydroxyl groups is 1. The minimum Gasteiger partial charge on any atom is -0.444 e. The van der Waals surface area contributed by atoms with E-state index in [1.807, 2.05) is 91.0 Å². The lowest BCUT2D eigenvalue weighted by molar-refractivity contribution is -0.155. The lowest BCUT2D eigenvalue weighted by Gasteiger charge is -2.38. The van der Waals surface area contributed by atoms with Crippen LogP contribution in [0.4, 0.5) is 4.79 Å². The third-order valence-electron chi connectivity index (χ3n) is 6.86. The van der Waals surface area contributed by atoms with Gasteiger partial charge in [0, 0.05) is 0 Å². The molecule has 1 unspecified atom stereocenters. The average molecular weight is 560 g/mol. The predicted octanol–water partition coefficient (Wildman–Crippen LogP) is 5.96. The van der Waals surface area contributed by atoms with Gasteiger partial charge in [-0.1, -0.05) is 97.1 Å². The number of hydrogen-bond donors (Lipinski definition) is 2. The molecule has 41 heavy (non-hydrogen) atoms. The molecule has 0 bridgehead atoms. The van der Waals surface area contributed by atoms with E-state index in [4.69, 9.17) is 18.9 Å². The third-order valence-corrected chi connectivity index (χ3v) is 6.86. The topological polar surface area (TPSA) is 86.3 Å². The molecule has 7 nitrogen and oxygen atoms in total. The number of hydrogen-bond acceptors (Lipinski definition) is 6. The molecule has 1 heterocycles. The number of carbonyl (C=O) groups is 1. The van der Waals surface area contributed by atoms with Gasteiger partial charge in [0.05, 0.1) is 12.6 Å². The van der Waals surface area contributed by atoms with Crippen molar-refractivity contribution < 1.29 is 28.8 Å².